The molecule has 1 aliphatic rings. The van der Waals surface area contributed by atoms with Crippen LogP contribution in [0.2, 0.25) is 0 Å². The van der Waals surface area contributed by atoms with E-state index in [1.54, 1.807) is 0 Å². The lowest BCUT2D eigenvalue weighted by Gasteiger charge is -2.42. The maximum absolute atomic E-state index is 11.0. The third-order valence-electron chi connectivity index (χ3n) is 4.46. The highest BCUT2D eigenvalue weighted by atomic mass is 16.3. The van der Waals surface area contributed by atoms with Gasteiger partial charge in [0.2, 0.25) is 0 Å². The van der Waals surface area contributed by atoms with Crippen molar-refractivity contribution in [3.05, 3.63) is 17.5 Å². The van der Waals surface area contributed by atoms with Gasteiger partial charge in [-0.05, 0) is 37.7 Å². The molecule has 0 aliphatic heterocycles. The van der Waals surface area contributed by atoms with Gasteiger partial charge in [0.05, 0.1) is 11.3 Å². The minimum absolute atomic E-state index is 0.418. The Morgan fingerprint density at radius 3 is 2.78 bits per heavy atom. The van der Waals surface area contributed by atoms with E-state index >= 15 is 0 Å². The molecule has 1 aromatic heterocycles. The molecule has 1 fully saturated rings. The minimum atomic E-state index is -0.535. The Morgan fingerprint density at radius 1 is 1.50 bits per heavy atom. The van der Waals surface area contributed by atoms with E-state index in [1.165, 1.54) is 6.42 Å². The second-order valence-electron chi connectivity index (χ2n) is 6.28. The fraction of sp³-hybridized carbons (Fsp3) is 0.800. The highest BCUT2D eigenvalue weighted by Gasteiger charge is 2.40. The summed E-state index contributed by atoms with van der Waals surface area (Å²) >= 11 is 0. The minimum Gasteiger partial charge on any atom is -0.389 e. The molecule has 0 spiro atoms. The summed E-state index contributed by atoms with van der Waals surface area (Å²) in [5.74, 6) is 0.964. The van der Waals surface area contributed by atoms with Gasteiger partial charge in [0.1, 0.15) is 0 Å². The van der Waals surface area contributed by atoms with Crippen LogP contribution >= 0.6 is 0 Å². The molecule has 2 atom stereocenters. The Labute approximate surface area is 110 Å². The van der Waals surface area contributed by atoms with Crippen LogP contribution in [0.1, 0.15) is 50.9 Å². The molecule has 1 N–H and O–H groups in total. The number of hydrogen-bond acceptors (Lipinski definition) is 2. The Kier molecular flexibility index (Phi) is 3.81. The molecule has 0 amide bonds. The molecule has 1 saturated carbocycles. The highest BCUT2D eigenvalue weighted by Crippen LogP contribution is 2.40. The third-order valence-corrected chi connectivity index (χ3v) is 4.46. The molecule has 0 radical (unpaired) electrons. The van der Waals surface area contributed by atoms with E-state index in [-0.39, 0.29) is 0 Å². The molecule has 3 nitrogen and oxygen atoms in total. The van der Waals surface area contributed by atoms with E-state index in [0.29, 0.717) is 11.8 Å². The molecule has 2 unspecified atom stereocenters. The molecule has 102 valence electrons. The number of aliphatic hydroxyl groups is 1. The predicted molar refractivity (Wildman–Crippen MR) is 73.4 cm³/mol. The van der Waals surface area contributed by atoms with Gasteiger partial charge in [-0.2, -0.15) is 5.10 Å². The summed E-state index contributed by atoms with van der Waals surface area (Å²) < 4.78 is 1.92. The number of nitrogens with zero attached hydrogens (tertiary/aromatic N) is 2. The lowest BCUT2D eigenvalue weighted by atomic mass is 9.68. The van der Waals surface area contributed by atoms with Crippen molar-refractivity contribution in [2.75, 3.05) is 0 Å². The van der Waals surface area contributed by atoms with Gasteiger partial charge < -0.3 is 5.11 Å². The molecule has 1 aromatic rings. The second kappa shape index (κ2) is 5.04. The quantitative estimate of drug-likeness (QED) is 0.895. The van der Waals surface area contributed by atoms with Crippen molar-refractivity contribution < 1.29 is 5.11 Å². The highest BCUT2D eigenvalue weighted by molar-refractivity contribution is 5.13. The van der Waals surface area contributed by atoms with Crippen molar-refractivity contribution in [1.29, 1.82) is 0 Å². The average molecular weight is 250 g/mol. The molecule has 1 heterocycles. The van der Waals surface area contributed by atoms with Crippen LogP contribution in [0, 0.1) is 18.8 Å². The van der Waals surface area contributed by atoms with Crippen LogP contribution in [0.25, 0.3) is 0 Å². The molecular formula is C15H26N2O. The smallest absolute Gasteiger partial charge is 0.0733 e. The van der Waals surface area contributed by atoms with Crippen LogP contribution in [0.15, 0.2) is 6.07 Å². The van der Waals surface area contributed by atoms with E-state index < -0.39 is 5.60 Å². The van der Waals surface area contributed by atoms with E-state index in [4.69, 9.17) is 0 Å². The fourth-order valence-corrected chi connectivity index (χ4v) is 3.57. The lowest BCUT2D eigenvalue weighted by molar-refractivity contribution is -0.0664. The summed E-state index contributed by atoms with van der Waals surface area (Å²) in [7, 11) is 1.97. The first-order chi connectivity index (χ1) is 8.42. The van der Waals surface area contributed by atoms with Gasteiger partial charge in [-0.25, -0.2) is 0 Å². The van der Waals surface area contributed by atoms with Crippen molar-refractivity contribution >= 4 is 0 Å². The molecule has 1 aliphatic carbocycles. The fourth-order valence-electron chi connectivity index (χ4n) is 3.57. The monoisotopic (exact) mass is 250 g/mol. The molecule has 18 heavy (non-hydrogen) atoms. The molecule has 0 bridgehead atoms. The Morgan fingerprint density at radius 2 is 2.22 bits per heavy atom. The van der Waals surface area contributed by atoms with Crippen molar-refractivity contribution in [2.24, 2.45) is 18.9 Å². The van der Waals surface area contributed by atoms with Gasteiger partial charge in [-0.1, -0.05) is 26.7 Å². The van der Waals surface area contributed by atoms with Gasteiger partial charge in [0.25, 0.3) is 0 Å². The van der Waals surface area contributed by atoms with Crippen LogP contribution < -0.4 is 0 Å². The van der Waals surface area contributed by atoms with Crippen LogP contribution in [-0.4, -0.2) is 20.5 Å². The van der Waals surface area contributed by atoms with Gasteiger partial charge in [-0.3, -0.25) is 4.68 Å². The summed E-state index contributed by atoms with van der Waals surface area (Å²) in [4.78, 5) is 0. The van der Waals surface area contributed by atoms with Gasteiger partial charge in [0, 0.05) is 19.2 Å². The zero-order valence-electron chi connectivity index (χ0n) is 12.1. The normalized spacial score (nSPS) is 28.9. The van der Waals surface area contributed by atoms with E-state index in [2.05, 4.69) is 25.0 Å². The zero-order chi connectivity index (χ0) is 13.3. The summed E-state index contributed by atoms with van der Waals surface area (Å²) in [6.07, 6.45) is 5.24. The molecular weight excluding hydrogens is 224 g/mol. The number of rotatable bonds is 3. The van der Waals surface area contributed by atoms with E-state index in [9.17, 15) is 5.11 Å². The van der Waals surface area contributed by atoms with Crippen molar-refractivity contribution in [1.82, 2.24) is 9.78 Å². The Balaban J connectivity index is 2.20. The first-order valence-electron chi connectivity index (χ1n) is 7.14. The summed E-state index contributed by atoms with van der Waals surface area (Å²) in [5, 5.41) is 15.4. The van der Waals surface area contributed by atoms with Crippen molar-refractivity contribution in [3.8, 4) is 0 Å². The first-order valence-corrected chi connectivity index (χ1v) is 7.14. The topological polar surface area (TPSA) is 38.0 Å². The van der Waals surface area contributed by atoms with Crippen molar-refractivity contribution in [3.63, 3.8) is 0 Å². The second-order valence-corrected chi connectivity index (χ2v) is 6.28. The molecule has 0 aromatic carbocycles. The number of aromatic nitrogens is 2. The van der Waals surface area contributed by atoms with Crippen LogP contribution in [0.4, 0.5) is 0 Å². The van der Waals surface area contributed by atoms with E-state index in [0.717, 1.165) is 37.1 Å². The predicted octanol–water partition coefficient (Wildman–Crippen LogP) is 2.85. The van der Waals surface area contributed by atoms with Crippen molar-refractivity contribution in [2.45, 2.75) is 58.5 Å². The first kappa shape index (κ1) is 13.6. The SMILES string of the molecule is Cc1cc(CC2(O)CCCCC2C(C)C)n(C)n1. The van der Waals surface area contributed by atoms with Gasteiger partial charge >= 0.3 is 0 Å². The zero-order valence-corrected chi connectivity index (χ0v) is 12.1. The number of hydrogen-bond donors (Lipinski definition) is 1. The largest absolute Gasteiger partial charge is 0.389 e. The standard InChI is InChI=1S/C15H26N2O/c1-11(2)14-7-5-6-8-15(14,18)10-13-9-12(3)16-17(13)4/h9,11,14,18H,5-8,10H2,1-4H3. The van der Waals surface area contributed by atoms with Crippen LogP contribution in [-0.2, 0) is 13.5 Å². The third kappa shape index (κ3) is 2.61. The lowest BCUT2D eigenvalue weighted by Crippen LogP contribution is -2.45. The molecule has 0 saturated heterocycles. The summed E-state index contributed by atoms with van der Waals surface area (Å²) in [6, 6.07) is 2.10. The van der Waals surface area contributed by atoms with Crippen LogP contribution in [0.5, 0.6) is 0 Å². The summed E-state index contributed by atoms with van der Waals surface area (Å²) in [6.45, 7) is 6.47. The van der Waals surface area contributed by atoms with Gasteiger partial charge in [-0.15, -0.1) is 0 Å². The van der Waals surface area contributed by atoms with Gasteiger partial charge in [0.15, 0.2) is 0 Å². The maximum Gasteiger partial charge on any atom is 0.0733 e. The Hall–Kier alpha value is -0.830. The number of aryl methyl sites for hydroxylation is 2. The Bertz CT molecular complexity index is 411. The van der Waals surface area contributed by atoms with E-state index in [1.807, 2.05) is 18.7 Å². The summed E-state index contributed by atoms with van der Waals surface area (Å²) in [5.41, 5.74) is 1.66. The molecule has 3 heteroatoms. The average Bonchev–Trinajstić information content (AvgIpc) is 2.56. The molecule has 2 rings (SSSR count). The van der Waals surface area contributed by atoms with Crippen LogP contribution in [0.3, 0.4) is 0 Å². The maximum atomic E-state index is 11.0.